The van der Waals surface area contributed by atoms with Gasteiger partial charge in [0.05, 0.1) is 36.7 Å². The second-order valence-electron chi connectivity index (χ2n) is 10.2. The van der Waals surface area contributed by atoms with E-state index in [0.717, 1.165) is 45.4 Å². The van der Waals surface area contributed by atoms with Crippen molar-refractivity contribution in [2.24, 2.45) is 10.7 Å². The van der Waals surface area contributed by atoms with Crippen LogP contribution in [0.4, 0.5) is 4.79 Å². The van der Waals surface area contributed by atoms with Crippen LogP contribution < -0.4 is 5.73 Å². The molecule has 0 bridgehead atoms. The van der Waals surface area contributed by atoms with Crippen LogP contribution in [0.15, 0.2) is 65.5 Å². The number of nitrogens with zero attached hydrogens (tertiary/aromatic N) is 2. The topological polar surface area (TPSA) is 97.3 Å². The molecule has 0 saturated carbocycles. The van der Waals surface area contributed by atoms with Crippen molar-refractivity contribution in [2.45, 2.75) is 38.9 Å². The maximum atomic E-state index is 13.2. The summed E-state index contributed by atoms with van der Waals surface area (Å²) in [6.45, 7) is 8.25. The molecule has 2 aliphatic rings. The largest absolute Gasteiger partial charge is 0.476 e. The summed E-state index contributed by atoms with van der Waals surface area (Å²) in [4.78, 5) is 17.9. The average Bonchev–Trinajstić information content (AvgIpc) is 3.27. The van der Waals surface area contributed by atoms with Crippen molar-refractivity contribution in [2.75, 3.05) is 33.0 Å². The fraction of sp³-hybridized carbons (Fsp3) is 0.379. The predicted molar refractivity (Wildman–Crippen MR) is 143 cm³/mol. The molecule has 37 heavy (non-hydrogen) atoms. The molecule has 1 aromatic heterocycles. The highest BCUT2D eigenvalue weighted by Gasteiger charge is 2.24. The van der Waals surface area contributed by atoms with Gasteiger partial charge in [-0.1, -0.05) is 30.3 Å². The van der Waals surface area contributed by atoms with Gasteiger partial charge in [-0.05, 0) is 56.5 Å². The van der Waals surface area contributed by atoms with Crippen molar-refractivity contribution in [3.63, 3.8) is 0 Å². The molecule has 1 fully saturated rings. The highest BCUT2D eigenvalue weighted by molar-refractivity contribution is 6.10. The van der Waals surface area contributed by atoms with Crippen LogP contribution in [-0.4, -0.2) is 61.0 Å². The van der Waals surface area contributed by atoms with E-state index in [1.165, 1.54) is 0 Å². The Morgan fingerprint density at radius 3 is 2.81 bits per heavy atom. The van der Waals surface area contributed by atoms with Crippen molar-refractivity contribution >= 4 is 22.7 Å². The molecule has 0 amide bonds. The van der Waals surface area contributed by atoms with Crippen molar-refractivity contribution in [3.05, 3.63) is 71.6 Å². The number of aliphatic imine (C=N–C) groups is 1. The maximum Gasteiger partial charge on any atom is 0.419 e. The molecule has 0 radical (unpaired) electrons. The molecular weight excluding hydrogens is 470 g/mol. The number of allylic oxidation sites excluding steroid dienone is 1. The Hall–Kier alpha value is -3.62. The van der Waals surface area contributed by atoms with Gasteiger partial charge in [0.25, 0.3) is 0 Å². The number of para-hydroxylation sites is 1. The van der Waals surface area contributed by atoms with Gasteiger partial charge in [-0.2, -0.15) is 0 Å². The summed E-state index contributed by atoms with van der Waals surface area (Å²) in [7, 11) is 0. The lowest BCUT2D eigenvalue weighted by Gasteiger charge is -2.23. The van der Waals surface area contributed by atoms with Crippen LogP contribution in [0.3, 0.4) is 0 Å². The third kappa shape index (κ3) is 5.70. The summed E-state index contributed by atoms with van der Waals surface area (Å²) < 4.78 is 24.1. The molecule has 3 aromatic rings. The second-order valence-corrected chi connectivity index (χ2v) is 10.2. The quantitative estimate of drug-likeness (QED) is 0.508. The molecule has 194 valence electrons. The second kappa shape index (κ2) is 10.4. The number of hydrogen-bond acceptors (Lipinski definition) is 7. The van der Waals surface area contributed by atoms with E-state index < -0.39 is 11.7 Å². The molecule has 1 unspecified atom stereocenters. The Labute approximate surface area is 216 Å². The normalized spacial score (nSPS) is 18.3. The van der Waals surface area contributed by atoms with Crippen LogP contribution >= 0.6 is 0 Å². The third-order valence-electron chi connectivity index (χ3n) is 6.23. The maximum absolute atomic E-state index is 13.2. The minimum atomic E-state index is -0.606. The van der Waals surface area contributed by atoms with Crippen molar-refractivity contribution < 1.29 is 23.7 Å². The highest BCUT2D eigenvalue weighted by Crippen LogP contribution is 2.32. The predicted octanol–water partition coefficient (Wildman–Crippen LogP) is 4.67. The van der Waals surface area contributed by atoms with Gasteiger partial charge in [0.15, 0.2) is 5.88 Å². The third-order valence-corrected chi connectivity index (χ3v) is 6.23. The smallest absolute Gasteiger partial charge is 0.419 e. The molecule has 2 aliphatic heterocycles. The molecule has 3 heterocycles. The van der Waals surface area contributed by atoms with Crippen molar-refractivity contribution in [1.82, 2.24) is 4.57 Å². The minimum Gasteiger partial charge on any atom is -0.476 e. The minimum absolute atomic E-state index is 0.124. The molecule has 8 nitrogen and oxygen atoms in total. The Balaban J connectivity index is 1.43. The summed E-state index contributed by atoms with van der Waals surface area (Å²) in [5.41, 5.74) is 11.0. The van der Waals surface area contributed by atoms with Gasteiger partial charge in [-0.15, -0.1) is 0 Å². The Bertz CT molecular complexity index is 1360. The summed E-state index contributed by atoms with van der Waals surface area (Å²) in [6, 6.07) is 16.0. The number of carbonyl (C=O) groups is 1. The first-order chi connectivity index (χ1) is 17.8. The number of ether oxygens (including phenoxy) is 4. The molecule has 8 heteroatoms. The summed E-state index contributed by atoms with van der Waals surface area (Å²) >= 11 is 0. The van der Waals surface area contributed by atoms with Crippen LogP contribution in [0.2, 0.25) is 0 Å². The van der Waals surface area contributed by atoms with E-state index in [1.54, 1.807) is 10.6 Å². The standard InChI is InChI=1S/C29H33N3O5/c1-29(2,3)37-28(33)32-25-7-5-4-6-20(25)15-26(32)21-8-9-23-19(14-21)10-11-31-24(23)16-27(30)36-18-22-17-34-12-13-35-22/h4-9,14-16,22H,10-13,17-18,30H2,1-3H3. The Morgan fingerprint density at radius 2 is 2.03 bits per heavy atom. The van der Waals surface area contributed by atoms with Crippen LogP contribution in [0, 0.1) is 0 Å². The molecule has 2 aromatic carbocycles. The molecule has 2 N–H and O–H groups in total. The molecule has 0 aliphatic carbocycles. The number of rotatable bonds is 5. The van der Waals surface area contributed by atoms with Gasteiger partial charge in [-0.25, -0.2) is 9.36 Å². The Kier molecular flexibility index (Phi) is 7.04. The molecule has 0 spiro atoms. The Morgan fingerprint density at radius 1 is 1.19 bits per heavy atom. The van der Waals surface area contributed by atoms with E-state index in [9.17, 15) is 4.79 Å². The molecule has 1 atom stereocenters. The lowest BCUT2D eigenvalue weighted by atomic mass is 9.94. The number of hydrogen-bond donors (Lipinski definition) is 1. The van der Waals surface area contributed by atoms with Gasteiger partial charge in [-0.3, -0.25) is 4.99 Å². The van der Waals surface area contributed by atoms with Crippen LogP contribution in [-0.2, 0) is 25.4 Å². The lowest BCUT2D eigenvalue weighted by Crippen LogP contribution is -2.32. The summed E-state index contributed by atoms with van der Waals surface area (Å²) in [5.74, 6) is 0.287. The zero-order valence-corrected chi connectivity index (χ0v) is 21.5. The molecular formula is C29H33N3O5. The fourth-order valence-electron chi connectivity index (χ4n) is 4.59. The zero-order valence-electron chi connectivity index (χ0n) is 21.5. The molecule has 5 rings (SSSR count). The van der Waals surface area contributed by atoms with Crippen LogP contribution in [0.5, 0.6) is 0 Å². The highest BCUT2D eigenvalue weighted by atomic mass is 16.6. The van der Waals surface area contributed by atoms with Gasteiger partial charge in [0, 0.05) is 23.6 Å². The fourth-order valence-corrected chi connectivity index (χ4v) is 4.59. The number of benzene rings is 2. The van der Waals surface area contributed by atoms with Gasteiger partial charge in [0.2, 0.25) is 0 Å². The van der Waals surface area contributed by atoms with E-state index in [1.807, 2.05) is 63.2 Å². The first kappa shape index (κ1) is 25.0. The van der Waals surface area contributed by atoms with Gasteiger partial charge >= 0.3 is 6.09 Å². The number of nitrogens with two attached hydrogens (primary N) is 1. The number of carbonyl (C=O) groups excluding carboxylic acids is 1. The summed E-state index contributed by atoms with van der Waals surface area (Å²) in [5, 5.41) is 0.975. The molecule has 1 saturated heterocycles. The SMILES string of the molecule is CC(C)(C)OC(=O)n1c(-c2ccc3c(c2)CCN=C3C=C(N)OCC2COCCO2)cc2ccccc21. The zero-order chi connectivity index (χ0) is 26.0. The van der Waals surface area contributed by atoms with Crippen molar-refractivity contribution in [1.29, 1.82) is 0 Å². The number of aromatic nitrogens is 1. The van der Waals surface area contributed by atoms with Crippen molar-refractivity contribution in [3.8, 4) is 11.3 Å². The van der Waals surface area contributed by atoms with E-state index in [2.05, 4.69) is 11.1 Å². The van der Waals surface area contributed by atoms with Crippen LogP contribution in [0.25, 0.3) is 22.2 Å². The van der Waals surface area contributed by atoms with E-state index in [4.69, 9.17) is 24.7 Å². The van der Waals surface area contributed by atoms with E-state index in [-0.39, 0.29) is 12.0 Å². The first-order valence-corrected chi connectivity index (χ1v) is 12.6. The van der Waals surface area contributed by atoms with E-state index >= 15 is 0 Å². The van der Waals surface area contributed by atoms with Crippen LogP contribution in [0.1, 0.15) is 31.9 Å². The number of fused-ring (bicyclic) bond motifs is 2. The average molecular weight is 504 g/mol. The summed E-state index contributed by atoms with van der Waals surface area (Å²) in [6.07, 6.45) is 2.03. The first-order valence-electron chi connectivity index (χ1n) is 12.6. The van der Waals surface area contributed by atoms with E-state index in [0.29, 0.717) is 33.0 Å². The lowest BCUT2D eigenvalue weighted by molar-refractivity contribution is -0.108. The van der Waals surface area contributed by atoms with Gasteiger partial charge < -0.3 is 24.7 Å². The monoisotopic (exact) mass is 503 g/mol. The van der Waals surface area contributed by atoms with Gasteiger partial charge in [0.1, 0.15) is 18.3 Å².